The van der Waals surface area contributed by atoms with Gasteiger partial charge in [-0.2, -0.15) is 0 Å². The molecule has 6 heteroatoms. The number of carbonyl (C=O) groups is 2. The van der Waals surface area contributed by atoms with Crippen LogP contribution in [0.3, 0.4) is 0 Å². The van der Waals surface area contributed by atoms with Crippen molar-refractivity contribution in [2.75, 3.05) is 13.2 Å². The van der Waals surface area contributed by atoms with Gasteiger partial charge in [0.1, 0.15) is 18.1 Å². The molecule has 0 unspecified atom stereocenters. The van der Waals surface area contributed by atoms with Gasteiger partial charge in [-0.25, -0.2) is 4.79 Å². The number of ether oxygens (including phenoxy) is 3. The Balaban J connectivity index is 1.42. The van der Waals surface area contributed by atoms with E-state index in [2.05, 4.69) is 0 Å². The normalized spacial score (nSPS) is 10.5. The summed E-state index contributed by atoms with van der Waals surface area (Å²) in [4.78, 5) is 24.2. The summed E-state index contributed by atoms with van der Waals surface area (Å²) in [6, 6.07) is 18.6. The Hall–Kier alpha value is -3.54. The van der Waals surface area contributed by atoms with Gasteiger partial charge in [-0.05, 0) is 49.7 Å². The molecule has 30 heavy (non-hydrogen) atoms. The summed E-state index contributed by atoms with van der Waals surface area (Å²) in [5, 5.41) is 0. The van der Waals surface area contributed by atoms with Gasteiger partial charge in [0.05, 0.1) is 0 Å². The van der Waals surface area contributed by atoms with E-state index in [9.17, 15) is 9.59 Å². The minimum Gasteiger partial charge on any atom is -0.489 e. The quantitative estimate of drug-likeness (QED) is 0.396. The molecule has 1 aromatic heterocycles. The predicted molar refractivity (Wildman–Crippen MR) is 113 cm³/mol. The Morgan fingerprint density at radius 3 is 2.10 bits per heavy atom. The number of aryl methyl sites for hydroxylation is 1. The largest absolute Gasteiger partial charge is 0.489 e. The Kier molecular flexibility index (Phi) is 6.91. The molecule has 0 fully saturated rings. The van der Waals surface area contributed by atoms with Crippen LogP contribution in [0, 0.1) is 13.8 Å². The summed E-state index contributed by atoms with van der Waals surface area (Å²) in [5.41, 5.74) is 3.46. The van der Waals surface area contributed by atoms with Gasteiger partial charge in [-0.1, -0.05) is 30.3 Å². The summed E-state index contributed by atoms with van der Waals surface area (Å²) in [6.07, 6.45) is 0. The molecule has 0 aliphatic rings. The van der Waals surface area contributed by atoms with Crippen LogP contribution in [0.4, 0.5) is 0 Å². The topological polar surface area (TPSA) is 66.8 Å². The summed E-state index contributed by atoms with van der Waals surface area (Å²) in [6.45, 7) is 3.67. The highest BCUT2D eigenvalue weighted by molar-refractivity contribution is 5.99. The second-order valence-electron chi connectivity index (χ2n) is 6.96. The van der Waals surface area contributed by atoms with Crippen molar-refractivity contribution in [2.24, 2.45) is 7.05 Å². The molecule has 0 bridgehead atoms. The van der Waals surface area contributed by atoms with Crippen molar-refractivity contribution in [1.29, 1.82) is 0 Å². The van der Waals surface area contributed by atoms with Crippen molar-refractivity contribution in [3.63, 3.8) is 0 Å². The van der Waals surface area contributed by atoms with E-state index < -0.39 is 5.97 Å². The molecule has 0 N–H and O–H groups in total. The first kappa shape index (κ1) is 21.2. The van der Waals surface area contributed by atoms with Crippen LogP contribution in [0.15, 0.2) is 60.7 Å². The van der Waals surface area contributed by atoms with Crippen molar-refractivity contribution >= 4 is 11.8 Å². The highest BCUT2D eigenvalue weighted by Crippen LogP contribution is 2.19. The lowest BCUT2D eigenvalue weighted by atomic mass is 10.1. The fourth-order valence-electron chi connectivity index (χ4n) is 2.92. The van der Waals surface area contributed by atoms with E-state index in [1.54, 1.807) is 30.3 Å². The molecular formula is C24H25NO5. The first-order valence-corrected chi connectivity index (χ1v) is 9.65. The van der Waals surface area contributed by atoms with Crippen LogP contribution in [0.5, 0.6) is 11.5 Å². The van der Waals surface area contributed by atoms with E-state index >= 15 is 0 Å². The zero-order chi connectivity index (χ0) is 21.5. The monoisotopic (exact) mass is 407 g/mol. The molecule has 0 amide bonds. The molecule has 0 spiro atoms. The van der Waals surface area contributed by atoms with E-state index in [4.69, 9.17) is 14.2 Å². The lowest BCUT2D eigenvalue weighted by Crippen LogP contribution is -2.19. The lowest BCUT2D eigenvalue weighted by molar-refractivity contribution is -0.144. The molecule has 1 heterocycles. The Morgan fingerprint density at radius 2 is 1.50 bits per heavy atom. The number of carbonyl (C=O) groups excluding carboxylic acids is 2. The number of aromatic nitrogens is 1. The van der Waals surface area contributed by atoms with Crippen molar-refractivity contribution in [3.05, 3.63) is 83.2 Å². The van der Waals surface area contributed by atoms with Crippen LogP contribution in [0.25, 0.3) is 0 Å². The number of Topliss-reactive ketones (excluding diaryl/α,β-unsaturated/α-hetero) is 1. The number of ketones is 1. The van der Waals surface area contributed by atoms with Crippen molar-refractivity contribution in [2.45, 2.75) is 20.5 Å². The molecule has 0 saturated heterocycles. The van der Waals surface area contributed by atoms with Gasteiger partial charge in [0.2, 0.25) is 5.78 Å². The number of benzene rings is 2. The molecule has 3 rings (SSSR count). The second kappa shape index (κ2) is 9.78. The lowest BCUT2D eigenvalue weighted by Gasteiger charge is -2.09. The smallest absolute Gasteiger partial charge is 0.344 e. The highest BCUT2D eigenvalue weighted by atomic mass is 16.6. The van der Waals surface area contributed by atoms with Gasteiger partial charge in [0.25, 0.3) is 0 Å². The van der Waals surface area contributed by atoms with Crippen LogP contribution in [-0.2, 0) is 23.2 Å². The fourth-order valence-corrected chi connectivity index (χ4v) is 2.92. The number of hydrogen-bond donors (Lipinski definition) is 0. The molecule has 0 radical (unpaired) electrons. The molecule has 0 saturated carbocycles. The third kappa shape index (κ3) is 5.50. The first-order chi connectivity index (χ1) is 14.4. The second-order valence-corrected chi connectivity index (χ2v) is 6.96. The minimum atomic E-state index is -0.599. The van der Waals surface area contributed by atoms with Gasteiger partial charge in [0.15, 0.2) is 13.2 Å². The Morgan fingerprint density at radius 1 is 0.867 bits per heavy atom. The standard InChI is InChI=1S/C24H25NO5/c1-17-13-22(18(2)25(17)3)23(26)15-30-24(27)16-29-21-11-9-20(10-12-21)28-14-19-7-5-4-6-8-19/h4-13H,14-16H2,1-3H3. The molecule has 0 aliphatic heterocycles. The van der Waals surface area contributed by atoms with E-state index in [1.165, 1.54) is 0 Å². The van der Waals surface area contributed by atoms with Gasteiger partial charge >= 0.3 is 5.97 Å². The van der Waals surface area contributed by atoms with Gasteiger partial charge in [-0.3, -0.25) is 4.79 Å². The summed E-state index contributed by atoms with van der Waals surface area (Å²) in [7, 11) is 1.89. The summed E-state index contributed by atoms with van der Waals surface area (Å²) < 4.78 is 18.1. The fraction of sp³-hybridized carbons (Fsp3) is 0.250. The molecule has 156 valence electrons. The van der Waals surface area contributed by atoms with Crippen molar-refractivity contribution in [3.8, 4) is 11.5 Å². The van der Waals surface area contributed by atoms with E-state index in [0.29, 0.717) is 23.7 Å². The predicted octanol–water partition coefficient (Wildman–Crippen LogP) is 4.03. The van der Waals surface area contributed by atoms with E-state index in [-0.39, 0.29) is 19.0 Å². The average Bonchev–Trinajstić information content (AvgIpc) is 3.03. The number of rotatable bonds is 9. The Bertz CT molecular complexity index is 1010. The van der Waals surface area contributed by atoms with E-state index in [0.717, 1.165) is 17.0 Å². The van der Waals surface area contributed by atoms with E-state index in [1.807, 2.05) is 55.8 Å². The molecule has 0 atom stereocenters. The van der Waals surface area contributed by atoms with Gasteiger partial charge < -0.3 is 18.8 Å². The van der Waals surface area contributed by atoms with Crippen LogP contribution >= 0.6 is 0 Å². The third-order valence-corrected chi connectivity index (χ3v) is 4.87. The molecule has 3 aromatic rings. The number of nitrogens with zero attached hydrogens (tertiary/aromatic N) is 1. The zero-order valence-electron chi connectivity index (χ0n) is 17.4. The minimum absolute atomic E-state index is 0.232. The SMILES string of the molecule is Cc1cc(C(=O)COC(=O)COc2ccc(OCc3ccccc3)cc2)c(C)n1C. The van der Waals surface area contributed by atoms with Crippen molar-refractivity contribution < 1.29 is 23.8 Å². The maximum absolute atomic E-state index is 12.3. The molecule has 0 aliphatic carbocycles. The van der Waals surface area contributed by atoms with Crippen LogP contribution in [0.2, 0.25) is 0 Å². The third-order valence-electron chi connectivity index (χ3n) is 4.87. The zero-order valence-corrected chi connectivity index (χ0v) is 17.4. The molecular weight excluding hydrogens is 382 g/mol. The average molecular weight is 407 g/mol. The number of hydrogen-bond acceptors (Lipinski definition) is 5. The van der Waals surface area contributed by atoms with Gasteiger partial charge in [0, 0.05) is 24.0 Å². The maximum Gasteiger partial charge on any atom is 0.344 e. The number of esters is 1. The maximum atomic E-state index is 12.3. The van der Waals surface area contributed by atoms with Crippen LogP contribution in [0.1, 0.15) is 27.3 Å². The van der Waals surface area contributed by atoms with Gasteiger partial charge in [-0.15, -0.1) is 0 Å². The molecule has 6 nitrogen and oxygen atoms in total. The highest BCUT2D eigenvalue weighted by Gasteiger charge is 2.16. The van der Waals surface area contributed by atoms with Crippen molar-refractivity contribution in [1.82, 2.24) is 4.57 Å². The Labute approximate surface area is 176 Å². The van der Waals surface area contributed by atoms with Crippen LogP contribution < -0.4 is 9.47 Å². The molecule has 2 aromatic carbocycles. The first-order valence-electron chi connectivity index (χ1n) is 9.65. The van der Waals surface area contributed by atoms with Crippen LogP contribution in [-0.4, -0.2) is 29.5 Å². The summed E-state index contributed by atoms with van der Waals surface area (Å²) in [5.74, 6) is 0.385. The summed E-state index contributed by atoms with van der Waals surface area (Å²) >= 11 is 0.